The van der Waals surface area contributed by atoms with Crippen molar-refractivity contribution in [1.29, 1.82) is 0 Å². The standard InChI is InChI=1S/C14H13BO/c1-10-7-8-13(11(2)9-10)16-14-6-4-3-5-12(14)15/h3-9H,1-2H3. The molecule has 16 heavy (non-hydrogen) atoms. The Labute approximate surface area is 97.5 Å². The van der Waals surface area contributed by atoms with Gasteiger partial charge in [-0.1, -0.05) is 41.4 Å². The molecule has 2 heteroatoms. The van der Waals surface area contributed by atoms with Gasteiger partial charge in [-0.25, -0.2) is 0 Å². The highest BCUT2D eigenvalue weighted by Gasteiger charge is 2.02. The highest BCUT2D eigenvalue weighted by molar-refractivity contribution is 6.34. The zero-order valence-corrected chi connectivity index (χ0v) is 9.53. The average molecular weight is 208 g/mol. The highest BCUT2D eigenvalue weighted by atomic mass is 16.5. The molecule has 0 saturated carbocycles. The number of para-hydroxylation sites is 1. The molecule has 0 saturated heterocycles. The molecule has 1 nitrogen and oxygen atoms in total. The van der Waals surface area contributed by atoms with E-state index < -0.39 is 0 Å². The lowest BCUT2D eigenvalue weighted by Gasteiger charge is -2.11. The molecule has 0 aromatic heterocycles. The molecule has 2 aromatic carbocycles. The molecule has 2 aromatic rings. The van der Waals surface area contributed by atoms with Crippen molar-refractivity contribution in [3.8, 4) is 11.5 Å². The van der Waals surface area contributed by atoms with Crippen molar-refractivity contribution in [2.24, 2.45) is 0 Å². The number of benzene rings is 2. The van der Waals surface area contributed by atoms with Crippen molar-refractivity contribution in [3.63, 3.8) is 0 Å². The largest absolute Gasteiger partial charge is 0.458 e. The Hall–Kier alpha value is -1.70. The molecule has 2 rings (SSSR count). The summed E-state index contributed by atoms with van der Waals surface area (Å²) in [6, 6.07) is 13.6. The van der Waals surface area contributed by atoms with Crippen molar-refractivity contribution in [2.45, 2.75) is 13.8 Å². The fourth-order valence-corrected chi connectivity index (χ4v) is 1.61. The second-order valence-electron chi connectivity index (χ2n) is 3.91. The van der Waals surface area contributed by atoms with Crippen molar-refractivity contribution >= 4 is 13.3 Å². The molecule has 0 fully saturated rings. The number of aryl methyl sites for hydroxylation is 2. The molecular formula is C14H13BO. The smallest absolute Gasteiger partial charge is 0.130 e. The van der Waals surface area contributed by atoms with Crippen LogP contribution in [0.1, 0.15) is 11.1 Å². The van der Waals surface area contributed by atoms with Gasteiger partial charge in [-0.15, -0.1) is 0 Å². The van der Waals surface area contributed by atoms with Crippen molar-refractivity contribution in [3.05, 3.63) is 53.6 Å². The van der Waals surface area contributed by atoms with Crippen LogP contribution in [-0.4, -0.2) is 7.85 Å². The molecule has 0 aliphatic carbocycles. The molecule has 0 atom stereocenters. The predicted molar refractivity (Wildman–Crippen MR) is 67.8 cm³/mol. The van der Waals surface area contributed by atoms with Crippen LogP contribution in [0.25, 0.3) is 0 Å². The van der Waals surface area contributed by atoms with Crippen LogP contribution in [0.4, 0.5) is 0 Å². The van der Waals surface area contributed by atoms with Gasteiger partial charge in [0, 0.05) is 0 Å². The van der Waals surface area contributed by atoms with Crippen LogP contribution in [0.5, 0.6) is 11.5 Å². The van der Waals surface area contributed by atoms with Crippen molar-refractivity contribution in [2.75, 3.05) is 0 Å². The van der Waals surface area contributed by atoms with Gasteiger partial charge in [-0.2, -0.15) is 0 Å². The molecule has 78 valence electrons. The highest BCUT2D eigenvalue weighted by Crippen LogP contribution is 2.24. The van der Waals surface area contributed by atoms with E-state index in [1.54, 1.807) is 0 Å². The quantitative estimate of drug-likeness (QED) is 0.689. The lowest BCUT2D eigenvalue weighted by molar-refractivity contribution is 0.482. The Morgan fingerprint density at radius 3 is 2.38 bits per heavy atom. The second kappa shape index (κ2) is 4.44. The van der Waals surface area contributed by atoms with Gasteiger partial charge < -0.3 is 4.74 Å². The topological polar surface area (TPSA) is 9.23 Å². The first-order chi connectivity index (χ1) is 7.66. The number of rotatable bonds is 2. The third kappa shape index (κ3) is 2.27. The minimum atomic E-state index is 0.655. The van der Waals surface area contributed by atoms with E-state index in [-0.39, 0.29) is 0 Å². The molecule has 0 aliphatic rings. The van der Waals surface area contributed by atoms with Crippen LogP contribution in [0, 0.1) is 13.8 Å². The van der Waals surface area contributed by atoms with Crippen LogP contribution >= 0.6 is 0 Å². The lowest BCUT2D eigenvalue weighted by Crippen LogP contribution is -2.05. The zero-order valence-electron chi connectivity index (χ0n) is 9.53. The summed E-state index contributed by atoms with van der Waals surface area (Å²) in [5, 5.41) is 0. The fourth-order valence-electron chi connectivity index (χ4n) is 1.61. The van der Waals surface area contributed by atoms with Gasteiger partial charge in [0.1, 0.15) is 19.3 Å². The number of hydrogen-bond acceptors (Lipinski definition) is 1. The average Bonchev–Trinajstić information content (AvgIpc) is 2.25. The summed E-state index contributed by atoms with van der Waals surface area (Å²) in [4.78, 5) is 0. The van der Waals surface area contributed by atoms with E-state index >= 15 is 0 Å². The predicted octanol–water partition coefficient (Wildman–Crippen LogP) is 2.89. The monoisotopic (exact) mass is 208 g/mol. The molecule has 0 amide bonds. The van der Waals surface area contributed by atoms with Gasteiger partial charge >= 0.3 is 0 Å². The van der Waals surface area contributed by atoms with E-state index in [0.29, 0.717) is 11.2 Å². The molecule has 0 bridgehead atoms. The molecule has 2 radical (unpaired) electrons. The normalized spacial score (nSPS) is 10.1. The van der Waals surface area contributed by atoms with E-state index in [9.17, 15) is 0 Å². The summed E-state index contributed by atoms with van der Waals surface area (Å²) < 4.78 is 5.77. The SMILES string of the molecule is [B]c1ccccc1Oc1ccc(C)cc1C. The van der Waals surface area contributed by atoms with E-state index in [1.165, 1.54) is 5.56 Å². The molecule has 0 aliphatic heterocycles. The van der Waals surface area contributed by atoms with Crippen LogP contribution in [0.15, 0.2) is 42.5 Å². The summed E-state index contributed by atoms with van der Waals surface area (Å²) >= 11 is 0. The second-order valence-corrected chi connectivity index (χ2v) is 3.91. The summed E-state index contributed by atoms with van der Waals surface area (Å²) in [5.41, 5.74) is 3.00. The van der Waals surface area contributed by atoms with Gasteiger partial charge in [0.2, 0.25) is 0 Å². The first-order valence-corrected chi connectivity index (χ1v) is 5.26. The van der Waals surface area contributed by atoms with Crippen molar-refractivity contribution < 1.29 is 4.74 Å². The van der Waals surface area contributed by atoms with E-state index in [2.05, 4.69) is 13.0 Å². The lowest BCUT2D eigenvalue weighted by atomic mass is 9.95. The first-order valence-electron chi connectivity index (χ1n) is 5.26. The van der Waals surface area contributed by atoms with Gasteiger partial charge in [-0.3, -0.25) is 0 Å². The Kier molecular flexibility index (Phi) is 3.00. The Morgan fingerprint density at radius 2 is 1.69 bits per heavy atom. The zero-order chi connectivity index (χ0) is 11.5. The number of hydrogen-bond donors (Lipinski definition) is 0. The first kappa shape index (κ1) is 10.8. The minimum absolute atomic E-state index is 0.655. The van der Waals surface area contributed by atoms with E-state index in [4.69, 9.17) is 12.6 Å². The van der Waals surface area contributed by atoms with Gasteiger partial charge in [-0.05, 0) is 31.5 Å². The summed E-state index contributed by atoms with van der Waals surface area (Å²) in [6.45, 7) is 4.09. The molecule has 0 unspecified atom stereocenters. The Balaban J connectivity index is 2.31. The number of ether oxygens (including phenoxy) is 1. The van der Waals surface area contributed by atoms with Gasteiger partial charge in [0.05, 0.1) is 0 Å². The van der Waals surface area contributed by atoms with E-state index in [0.717, 1.165) is 11.3 Å². The summed E-state index contributed by atoms with van der Waals surface area (Å²) in [7, 11) is 5.82. The third-order valence-corrected chi connectivity index (χ3v) is 2.47. The molecule has 0 spiro atoms. The molecule has 0 heterocycles. The van der Waals surface area contributed by atoms with Crippen molar-refractivity contribution in [1.82, 2.24) is 0 Å². The third-order valence-electron chi connectivity index (χ3n) is 2.47. The maximum absolute atomic E-state index is 5.82. The molecule has 0 N–H and O–H groups in total. The Morgan fingerprint density at radius 1 is 0.938 bits per heavy atom. The maximum Gasteiger partial charge on any atom is 0.130 e. The van der Waals surface area contributed by atoms with E-state index in [1.807, 2.05) is 43.3 Å². The van der Waals surface area contributed by atoms with Crippen LogP contribution < -0.4 is 10.2 Å². The maximum atomic E-state index is 5.82. The van der Waals surface area contributed by atoms with Gasteiger partial charge in [0.25, 0.3) is 0 Å². The summed E-state index contributed by atoms with van der Waals surface area (Å²) in [6.07, 6.45) is 0. The van der Waals surface area contributed by atoms with Gasteiger partial charge in [0.15, 0.2) is 0 Å². The van der Waals surface area contributed by atoms with Crippen LogP contribution in [-0.2, 0) is 0 Å². The van der Waals surface area contributed by atoms with Crippen LogP contribution in [0.3, 0.4) is 0 Å². The minimum Gasteiger partial charge on any atom is -0.458 e. The fraction of sp³-hybridized carbons (Fsp3) is 0.143. The summed E-state index contributed by atoms with van der Waals surface area (Å²) in [5.74, 6) is 1.55. The Bertz CT molecular complexity index is 506. The van der Waals surface area contributed by atoms with Crippen LogP contribution in [0.2, 0.25) is 0 Å². The molecular weight excluding hydrogens is 195 g/mol.